The lowest BCUT2D eigenvalue weighted by molar-refractivity contribution is -0.138. The fraction of sp³-hybridized carbons (Fsp3) is 0.464. The third-order valence-corrected chi connectivity index (χ3v) is 7.94. The summed E-state index contributed by atoms with van der Waals surface area (Å²) >= 11 is 0. The molecule has 0 saturated heterocycles. The number of nitrogens with one attached hydrogen (secondary N) is 2. The van der Waals surface area contributed by atoms with Gasteiger partial charge in [-0.3, -0.25) is 9.59 Å². The smallest absolute Gasteiger partial charge is 0.407 e. The summed E-state index contributed by atoms with van der Waals surface area (Å²) in [5.41, 5.74) is 4.65. The number of amides is 2. The van der Waals surface area contributed by atoms with E-state index in [1.807, 2.05) is 24.3 Å². The van der Waals surface area contributed by atoms with Gasteiger partial charge in [0.15, 0.2) is 0 Å². The van der Waals surface area contributed by atoms with Gasteiger partial charge in [0, 0.05) is 18.0 Å². The topological polar surface area (TPSA) is 105 Å². The maximum absolute atomic E-state index is 13.0. The summed E-state index contributed by atoms with van der Waals surface area (Å²) in [7, 11) is 0. The minimum atomic E-state index is -0.901. The lowest BCUT2D eigenvalue weighted by atomic mass is 9.78. The molecule has 3 atom stereocenters. The Labute approximate surface area is 205 Å². The molecule has 1 unspecified atom stereocenters. The third-order valence-electron chi connectivity index (χ3n) is 7.94. The van der Waals surface area contributed by atoms with Crippen LogP contribution in [0.4, 0.5) is 4.79 Å². The summed E-state index contributed by atoms with van der Waals surface area (Å²) in [6.07, 6.45) is 4.60. The molecule has 3 aliphatic rings. The predicted octanol–water partition coefficient (Wildman–Crippen LogP) is 4.45. The van der Waals surface area contributed by atoms with Gasteiger partial charge in [0.2, 0.25) is 5.91 Å². The van der Waals surface area contributed by atoms with Crippen LogP contribution >= 0.6 is 0 Å². The molecule has 0 aromatic heterocycles. The Morgan fingerprint density at radius 1 is 0.914 bits per heavy atom. The highest BCUT2D eigenvalue weighted by Gasteiger charge is 2.38. The largest absolute Gasteiger partial charge is 0.481 e. The molecule has 2 amide bonds. The van der Waals surface area contributed by atoms with E-state index < -0.39 is 12.1 Å². The molecule has 35 heavy (non-hydrogen) atoms. The number of carboxylic acid groups (broad SMARTS) is 1. The molecule has 2 aromatic carbocycles. The van der Waals surface area contributed by atoms with Crippen molar-refractivity contribution in [1.82, 2.24) is 10.6 Å². The second-order valence-electron chi connectivity index (χ2n) is 10.0. The highest BCUT2D eigenvalue weighted by Crippen LogP contribution is 2.44. The first-order valence-corrected chi connectivity index (χ1v) is 12.6. The highest BCUT2D eigenvalue weighted by molar-refractivity contribution is 5.82. The van der Waals surface area contributed by atoms with Crippen LogP contribution in [0.1, 0.15) is 62.0 Å². The molecule has 2 aromatic rings. The molecule has 2 saturated carbocycles. The summed E-state index contributed by atoms with van der Waals surface area (Å²) in [4.78, 5) is 37.0. The summed E-state index contributed by atoms with van der Waals surface area (Å²) < 4.78 is 5.67. The van der Waals surface area contributed by atoms with Crippen molar-refractivity contribution < 1.29 is 24.2 Å². The molecular formula is C28H32N2O5. The Hall–Kier alpha value is -3.35. The van der Waals surface area contributed by atoms with Gasteiger partial charge in [-0.05, 0) is 53.9 Å². The molecule has 0 radical (unpaired) electrons. The van der Waals surface area contributed by atoms with Crippen LogP contribution in [0.5, 0.6) is 0 Å². The maximum Gasteiger partial charge on any atom is 0.407 e. The summed E-state index contributed by atoms with van der Waals surface area (Å²) in [6, 6.07) is 15.7. The monoisotopic (exact) mass is 476 g/mol. The number of alkyl carbamates (subject to hydrolysis) is 1. The van der Waals surface area contributed by atoms with Gasteiger partial charge in [-0.2, -0.15) is 0 Å². The molecule has 0 heterocycles. The molecule has 3 aliphatic carbocycles. The average molecular weight is 477 g/mol. The quantitative estimate of drug-likeness (QED) is 0.522. The molecule has 7 heteroatoms. The van der Waals surface area contributed by atoms with E-state index in [0.29, 0.717) is 12.8 Å². The van der Waals surface area contributed by atoms with E-state index in [9.17, 15) is 19.5 Å². The van der Waals surface area contributed by atoms with Crippen molar-refractivity contribution in [3.63, 3.8) is 0 Å². The van der Waals surface area contributed by atoms with E-state index in [4.69, 9.17) is 4.74 Å². The predicted molar refractivity (Wildman–Crippen MR) is 131 cm³/mol. The fourth-order valence-electron chi connectivity index (χ4n) is 5.89. The Kier molecular flexibility index (Phi) is 6.75. The van der Waals surface area contributed by atoms with Crippen molar-refractivity contribution in [2.45, 2.75) is 62.9 Å². The number of fused-ring (bicyclic) bond motifs is 3. The van der Waals surface area contributed by atoms with Gasteiger partial charge in [-0.15, -0.1) is 0 Å². The number of ether oxygens (including phenoxy) is 1. The Bertz CT molecular complexity index is 1070. The second kappa shape index (κ2) is 10.1. The lowest BCUT2D eigenvalue weighted by Gasteiger charge is -2.34. The van der Waals surface area contributed by atoms with Crippen LogP contribution in [0.15, 0.2) is 48.5 Å². The molecular weight excluding hydrogens is 444 g/mol. The number of carboxylic acids is 1. The Morgan fingerprint density at radius 3 is 2.14 bits per heavy atom. The normalized spacial score (nSPS) is 21.9. The van der Waals surface area contributed by atoms with Crippen molar-refractivity contribution in [2.75, 3.05) is 6.61 Å². The standard InChI is InChI=1S/C28H32N2O5/c31-26(32)15-25(17-7-5-8-17)29-27(33)22-13-6-14-24(22)30-28(34)35-16-23-20-11-3-1-9-18(20)19-10-2-4-12-21(19)23/h1-4,9-12,17,22-25H,5-8,13-16H2,(H,29,33)(H,30,34)(H,31,32)/t22-,24+,25?/m0/s1. The van der Waals surface area contributed by atoms with Crippen molar-refractivity contribution in [1.29, 1.82) is 0 Å². The zero-order chi connectivity index (χ0) is 24.4. The Balaban J connectivity index is 1.18. The van der Waals surface area contributed by atoms with Crippen molar-refractivity contribution in [3.05, 3.63) is 59.7 Å². The molecule has 2 fully saturated rings. The summed E-state index contributed by atoms with van der Waals surface area (Å²) in [5.74, 6) is -1.22. The summed E-state index contributed by atoms with van der Waals surface area (Å²) in [5, 5.41) is 15.1. The number of aliphatic carboxylic acids is 1. The number of carbonyl (C=O) groups excluding carboxylic acids is 2. The summed E-state index contributed by atoms with van der Waals surface area (Å²) in [6.45, 7) is 0.228. The molecule has 5 rings (SSSR count). The van der Waals surface area contributed by atoms with Crippen LogP contribution in [0.25, 0.3) is 11.1 Å². The zero-order valence-corrected chi connectivity index (χ0v) is 19.7. The maximum atomic E-state index is 13.0. The minimum absolute atomic E-state index is 0.0184. The molecule has 3 N–H and O–H groups in total. The fourth-order valence-corrected chi connectivity index (χ4v) is 5.89. The van der Waals surface area contributed by atoms with Gasteiger partial charge < -0.3 is 20.5 Å². The number of hydrogen-bond donors (Lipinski definition) is 3. The number of hydrogen-bond acceptors (Lipinski definition) is 4. The molecule has 0 bridgehead atoms. The van der Waals surface area contributed by atoms with Crippen LogP contribution in [0, 0.1) is 11.8 Å². The molecule has 0 spiro atoms. The van der Waals surface area contributed by atoms with Crippen molar-refractivity contribution in [3.8, 4) is 11.1 Å². The Morgan fingerprint density at radius 2 is 1.54 bits per heavy atom. The van der Waals surface area contributed by atoms with Crippen LogP contribution in [0.2, 0.25) is 0 Å². The van der Waals surface area contributed by atoms with Gasteiger partial charge in [-0.25, -0.2) is 4.79 Å². The average Bonchev–Trinajstić information content (AvgIpc) is 3.38. The van der Waals surface area contributed by atoms with Crippen LogP contribution < -0.4 is 10.6 Å². The van der Waals surface area contributed by atoms with E-state index in [0.717, 1.165) is 36.8 Å². The second-order valence-corrected chi connectivity index (χ2v) is 10.0. The van der Waals surface area contributed by atoms with E-state index in [1.54, 1.807) is 0 Å². The third kappa shape index (κ3) is 4.90. The molecule has 0 aliphatic heterocycles. The van der Waals surface area contributed by atoms with Crippen molar-refractivity contribution >= 4 is 18.0 Å². The van der Waals surface area contributed by atoms with Crippen molar-refractivity contribution in [2.24, 2.45) is 11.8 Å². The van der Waals surface area contributed by atoms with Gasteiger partial charge in [0.05, 0.1) is 12.3 Å². The van der Waals surface area contributed by atoms with Crippen LogP contribution in [0.3, 0.4) is 0 Å². The van der Waals surface area contributed by atoms with E-state index in [2.05, 4.69) is 34.9 Å². The first-order chi connectivity index (χ1) is 17.0. The minimum Gasteiger partial charge on any atom is -0.481 e. The van der Waals surface area contributed by atoms with Crippen LogP contribution in [-0.2, 0) is 14.3 Å². The molecule has 7 nitrogen and oxygen atoms in total. The van der Waals surface area contributed by atoms with Gasteiger partial charge in [0.1, 0.15) is 6.61 Å². The van der Waals surface area contributed by atoms with Crippen LogP contribution in [-0.4, -0.2) is 41.8 Å². The van der Waals surface area contributed by atoms with Gasteiger partial charge in [-0.1, -0.05) is 61.4 Å². The molecule has 184 valence electrons. The zero-order valence-electron chi connectivity index (χ0n) is 19.7. The first kappa shape index (κ1) is 23.4. The van der Waals surface area contributed by atoms with E-state index in [1.165, 1.54) is 11.1 Å². The van der Waals surface area contributed by atoms with E-state index >= 15 is 0 Å². The van der Waals surface area contributed by atoms with Gasteiger partial charge in [0.25, 0.3) is 0 Å². The van der Waals surface area contributed by atoms with E-state index in [-0.39, 0.29) is 48.8 Å². The number of rotatable bonds is 8. The lowest BCUT2D eigenvalue weighted by Crippen LogP contribution is -2.50. The SMILES string of the molecule is O=C(O)CC(NC(=O)[C@H]1CCC[C@H]1NC(=O)OCC1c2ccccc2-c2ccccc21)C1CCC1. The first-order valence-electron chi connectivity index (χ1n) is 12.6. The van der Waals surface area contributed by atoms with Gasteiger partial charge >= 0.3 is 12.1 Å². The number of carbonyl (C=O) groups is 3. The highest BCUT2D eigenvalue weighted by atomic mass is 16.5. The number of benzene rings is 2.